The smallest absolute Gasteiger partial charge is 0.416 e. The van der Waals surface area contributed by atoms with Crippen LogP contribution in [0.2, 0.25) is 5.02 Å². The summed E-state index contributed by atoms with van der Waals surface area (Å²) in [5.41, 5.74) is -1.11. The number of thioether (sulfide) groups is 1. The van der Waals surface area contributed by atoms with Crippen molar-refractivity contribution in [2.75, 3.05) is 12.5 Å². The first-order valence-electron chi connectivity index (χ1n) is 8.17. The second kappa shape index (κ2) is 9.95. The Morgan fingerprint density at radius 1 is 1.24 bits per heavy atom. The van der Waals surface area contributed by atoms with Gasteiger partial charge >= 0.3 is 6.18 Å². The average molecular weight is 450 g/mol. The first-order chi connectivity index (χ1) is 13.6. The number of rotatable bonds is 8. The third kappa shape index (κ3) is 6.62. The molecular formula is C18H15ClF3NO5S. The van der Waals surface area contributed by atoms with Gasteiger partial charge in [-0.3, -0.25) is 14.9 Å². The minimum Gasteiger partial charge on any atom is -0.456 e. The van der Waals surface area contributed by atoms with Crippen molar-refractivity contribution in [1.82, 2.24) is 0 Å². The van der Waals surface area contributed by atoms with Gasteiger partial charge in [-0.15, -0.1) is 0 Å². The Balaban J connectivity index is 2.24. The van der Waals surface area contributed by atoms with Gasteiger partial charge in [0.05, 0.1) is 21.4 Å². The maximum atomic E-state index is 12.7. The quantitative estimate of drug-likeness (QED) is 0.217. The summed E-state index contributed by atoms with van der Waals surface area (Å²) in [5, 5.41) is 10.6. The fraction of sp³-hybridized carbons (Fsp3) is 0.278. The van der Waals surface area contributed by atoms with Gasteiger partial charge < -0.3 is 9.47 Å². The minimum atomic E-state index is -4.55. The molecule has 6 nitrogen and oxygen atoms in total. The molecule has 156 valence electrons. The van der Waals surface area contributed by atoms with E-state index in [0.717, 1.165) is 36.0 Å². The van der Waals surface area contributed by atoms with E-state index in [1.165, 1.54) is 12.1 Å². The highest BCUT2D eigenvalue weighted by molar-refractivity contribution is 8.13. The highest BCUT2D eigenvalue weighted by atomic mass is 35.5. The molecule has 11 heteroatoms. The molecule has 0 spiro atoms. The Bertz CT molecular complexity index is 908. The van der Waals surface area contributed by atoms with Crippen molar-refractivity contribution in [3.05, 3.63) is 62.7 Å². The zero-order valence-electron chi connectivity index (χ0n) is 15.0. The van der Waals surface area contributed by atoms with Crippen molar-refractivity contribution < 1.29 is 32.4 Å². The summed E-state index contributed by atoms with van der Waals surface area (Å²) >= 11 is 6.74. The van der Waals surface area contributed by atoms with Gasteiger partial charge in [0.1, 0.15) is 11.5 Å². The molecule has 0 saturated carbocycles. The van der Waals surface area contributed by atoms with Gasteiger partial charge in [-0.1, -0.05) is 23.4 Å². The largest absolute Gasteiger partial charge is 0.456 e. The Kier molecular flexibility index (Phi) is 7.88. The van der Waals surface area contributed by atoms with Crippen molar-refractivity contribution in [2.24, 2.45) is 0 Å². The number of hydrogen-bond acceptors (Lipinski definition) is 6. The number of carbonyl (C=O) groups is 1. The van der Waals surface area contributed by atoms with Crippen LogP contribution in [-0.2, 0) is 22.1 Å². The fourth-order valence-electron chi connectivity index (χ4n) is 2.23. The SMILES string of the molecule is CCOCSC(=O)Cc1cc(Oc2ccc(C(F)(F)F)cc2Cl)ccc1[N+](=O)[O-]. The highest BCUT2D eigenvalue weighted by Gasteiger charge is 2.31. The van der Waals surface area contributed by atoms with E-state index < -0.39 is 16.7 Å². The number of carbonyl (C=O) groups excluding carboxylic acids is 1. The molecule has 29 heavy (non-hydrogen) atoms. The van der Waals surface area contributed by atoms with Gasteiger partial charge in [-0.05, 0) is 37.3 Å². The standard InChI is InChI=1S/C18H15ClF3NO5S/c1-2-27-10-29-17(24)8-11-7-13(4-5-15(11)23(25)26)28-16-6-3-12(9-14(16)19)18(20,21)22/h3-7,9H,2,8,10H2,1H3. The van der Waals surface area contributed by atoms with Gasteiger partial charge in [-0.2, -0.15) is 13.2 Å². The summed E-state index contributed by atoms with van der Waals surface area (Å²) in [6.07, 6.45) is -4.80. The Morgan fingerprint density at radius 3 is 2.55 bits per heavy atom. The number of hydrogen-bond donors (Lipinski definition) is 0. The van der Waals surface area contributed by atoms with Crippen LogP contribution in [0.1, 0.15) is 18.1 Å². The summed E-state index contributed by atoms with van der Waals surface area (Å²) in [6, 6.07) is 6.29. The molecular weight excluding hydrogens is 435 g/mol. The van der Waals surface area contributed by atoms with E-state index in [4.69, 9.17) is 21.1 Å². The number of nitro benzene ring substituents is 1. The molecule has 0 saturated heterocycles. The number of benzene rings is 2. The molecule has 2 aromatic carbocycles. The van der Waals surface area contributed by atoms with E-state index >= 15 is 0 Å². The second-order valence-electron chi connectivity index (χ2n) is 5.60. The first kappa shape index (κ1) is 23.0. The van der Waals surface area contributed by atoms with Crippen molar-refractivity contribution in [3.63, 3.8) is 0 Å². The predicted molar refractivity (Wildman–Crippen MR) is 102 cm³/mol. The molecule has 0 aliphatic rings. The molecule has 0 aliphatic carbocycles. The maximum absolute atomic E-state index is 12.7. The number of ether oxygens (including phenoxy) is 2. The summed E-state index contributed by atoms with van der Waals surface area (Å²) < 4.78 is 48.7. The first-order valence-corrected chi connectivity index (χ1v) is 9.53. The summed E-state index contributed by atoms with van der Waals surface area (Å²) in [4.78, 5) is 22.6. The van der Waals surface area contributed by atoms with E-state index in [-0.39, 0.29) is 45.2 Å². The van der Waals surface area contributed by atoms with Crippen LogP contribution in [0.5, 0.6) is 11.5 Å². The second-order valence-corrected chi connectivity index (χ2v) is 6.98. The molecule has 0 N–H and O–H groups in total. The lowest BCUT2D eigenvalue weighted by Gasteiger charge is -2.12. The van der Waals surface area contributed by atoms with Crippen LogP contribution in [0.25, 0.3) is 0 Å². The molecule has 0 amide bonds. The lowest BCUT2D eigenvalue weighted by molar-refractivity contribution is -0.385. The molecule has 0 aliphatic heterocycles. The van der Waals surface area contributed by atoms with Gasteiger partial charge in [-0.25, -0.2) is 0 Å². The number of nitrogens with zero attached hydrogens (tertiary/aromatic N) is 1. The Morgan fingerprint density at radius 2 is 1.97 bits per heavy atom. The number of nitro groups is 1. The molecule has 0 bridgehead atoms. The third-order valence-electron chi connectivity index (χ3n) is 3.58. The van der Waals surface area contributed by atoms with Crippen LogP contribution in [0.4, 0.5) is 18.9 Å². The average Bonchev–Trinajstić information content (AvgIpc) is 2.62. The molecule has 0 aromatic heterocycles. The van der Waals surface area contributed by atoms with Gasteiger partial charge in [0.2, 0.25) is 0 Å². The normalized spacial score (nSPS) is 11.3. The molecule has 0 fully saturated rings. The van der Waals surface area contributed by atoms with Gasteiger partial charge in [0.25, 0.3) is 5.69 Å². The molecule has 2 aromatic rings. The van der Waals surface area contributed by atoms with E-state index in [9.17, 15) is 28.1 Å². The lowest BCUT2D eigenvalue weighted by Crippen LogP contribution is -2.05. The third-order valence-corrected chi connectivity index (χ3v) is 4.62. The maximum Gasteiger partial charge on any atom is 0.416 e. The molecule has 0 heterocycles. The van der Waals surface area contributed by atoms with Crippen LogP contribution in [-0.4, -0.2) is 22.6 Å². The number of halogens is 4. The zero-order valence-corrected chi connectivity index (χ0v) is 16.6. The van der Waals surface area contributed by atoms with E-state index in [0.29, 0.717) is 6.61 Å². The van der Waals surface area contributed by atoms with Crippen molar-refractivity contribution in [3.8, 4) is 11.5 Å². The zero-order chi connectivity index (χ0) is 21.6. The van der Waals surface area contributed by atoms with Gasteiger partial charge in [0.15, 0.2) is 5.12 Å². The number of alkyl halides is 3. The van der Waals surface area contributed by atoms with E-state index in [2.05, 4.69) is 0 Å². The van der Waals surface area contributed by atoms with Crippen LogP contribution in [0.3, 0.4) is 0 Å². The van der Waals surface area contributed by atoms with Crippen molar-refractivity contribution >= 4 is 34.2 Å². The molecule has 0 atom stereocenters. The van der Waals surface area contributed by atoms with Gasteiger partial charge in [0, 0.05) is 24.7 Å². The van der Waals surface area contributed by atoms with E-state index in [1.807, 2.05) is 0 Å². The topological polar surface area (TPSA) is 78.7 Å². The lowest BCUT2D eigenvalue weighted by atomic mass is 10.1. The van der Waals surface area contributed by atoms with Crippen LogP contribution in [0, 0.1) is 10.1 Å². The summed E-state index contributed by atoms with van der Waals surface area (Å²) in [7, 11) is 0. The predicted octanol–water partition coefficient (Wildman–Crippen LogP) is 5.86. The molecule has 0 radical (unpaired) electrons. The summed E-state index contributed by atoms with van der Waals surface area (Å²) in [5.74, 6) is 0.159. The minimum absolute atomic E-state index is 0.0588. The van der Waals surface area contributed by atoms with Crippen molar-refractivity contribution in [2.45, 2.75) is 19.5 Å². The monoisotopic (exact) mass is 449 g/mol. The Hall–Kier alpha value is -2.30. The Labute approximate surface area is 173 Å². The van der Waals surface area contributed by atoms with Crippen LogP contribution < -0.4 is 4.74 Å². The van der Waals surface area contributed by atoms with Crippen LogP contribution in [0.15, 0.2) is 36.4 Å². The summed E-state index contributed by atoms with van der Waals surface area (Å²) in [6.45, 7) is 2.20. The van der Waals surface area contributed by atoms with Crippen molar-refractivity contribution in [1.29, 1.82) is 0 Å². The van der Waals surface area contributed by atoms with Crippen LogP contribution >= 0.6 is 23.4 Å². The highest BCUT2D eigenvalue weighted by Crippen LogP contribution is 2.37. The van der Waals surface area contributed by atoms with E-state index in [1.54, 1.807) is 6.92 Å². The fourth-order valence-corrected chi connectivity index (χ4v) is 3.09. The molecule has 2 rings (SSSR count). The molecule has 0 unspecified atom stereocenters.